The Kier molecular flexibility index (Phi) is 4.99. The maximum absolute atomic E-state index is 10.9. The van der Waals surface area contributed by atoms with E-state index in [1.54, 1.807) is 0 Å². The Balaban J connectivity index is 1.42. The lowest BCUT2D eigenvalue weighted by molar-refractivity contribution is 0.164. The first-order valence-electron chi connectivity index (χ1n) is 14.9. The van der Waals surface area contributed by atoms with Gasteiger partial charge in [0.15, 0.2) is 0 Å². The van der Waals surface area contributed by atoms with E-state index in [1.165, 1.54) is 108 Å². The lowest BCUT2D eigenvalue weighted by Crippen LogP contribution is -2.36. The number of anilines is 2. The van der Waals surface area contributed by atoms with Crippen molar-refractivity contribution in [1.29, 1.82) is 0 Å². The van der Waals surface area contributed by atoms with Crippen LogP contribution in [0.1, 0.15) is 78.8 Å². The number of rotatable bonds is 1. The normalized spacial score (nSPS) is 25.3. The molecule has 2 aromatic rings. The van der Waals surface area contributed by atoms with Crippen molar-refractivity contribution in [2.45, 2.75) is 76.7 Å². The van der Waals surface area contributed by atoms with Crippen molar-refractivity contribution in [3.63, 3.8) is 0 Å². The second-order valence-corrected chi connectivity index (χ2v) is 12.5. The zero-order chi connectivity index (χ0) is 25.6. The molecule has 1 atom stereocenters. The van der Waals surface area contributed by atoms with Crippen LogP contribution in [0, 0.1) is 0 Å². The van der Waals surface area contributed by atoms with Crippen LogP contribution in [-0.4, -0.2) is 36.9 Å². The van der Waals surface area contributed by atoms with Crippen LogP contribution in [0.15, 0.2) is 47.6 Å². The van der Waals surface area contributed by atoms with Crippen LogP contribution in [0.25, 0.3) is 0 Å². The van der Waals surface area contributed by atoms with Gasteiger partial charge in [-0.25, -0.2) is 0 Å². The van der Waals surface area contributed by atoms with Crippen molar-refractivity contribution < 1.29 is 9.84 Å². The summed E-state index contributed by atoms with van der Waals surface area (Å²) < 4.78 is 7.18. The van der Waals surface area contributed by atoms with Crippen LogP contribution in [0.2, 0.25) is 0 Å². The molecule has 1 aliphatic carbocycles. The van der Waals surface area contributed by atoms with Gasteiger partial charge in [-0.15, -0.1) is 0 Å². The van der Waals surface area contributed by atoms with Crippen LogP contribution in [0.5, 0.6) is 11.5 Å². The topological polar surface area (TPSA) is 35.9 Å². The number of hydrogen-bond acceptors (Lipinski definition) is 4. The Hall–Kier alpha value is -2.98. The smallest absolute Gasteiger partial charge is 0.136 e. The van der Waals surface area contributed by atoms with Gasteiger partial charge in [-0.05, 0) is 112 Å². The molecule has 0 spiro atoms. The molecule has 8 rings (SSSR count). The number of benzene rings is 2. The number of aryl methyl sites for hydroxylation is 2. The summed E-state index contributed by atoms with van der Waals surface area (Å²) in [7, 11) is 0. The lowest BCUT2D eigenvalue weighted by Gasteiger charge is -2.43. The van der Waals surface area contributed by atoms with Gasteiger partial charge in [0.1, 0.15) is 11.5 Å². The third-order valence-electron chi connectivity index (χ3n) is 9.87. The highest BCUT2D eigenvalue weighted by Crippen LogP contribution is 2.57. The summed E-state index contributed by atoms with van der Waals surface area (Å²) in [6.07, 6.45) is 17.6. The predicted octanol–water partition coefficient (Wildman–Crippen LogP) is 6.52. The molecule has 1 unspecified atom stereocenters. The molecule has 2 aromatic carbocycles. The molecule has 0 fully saturated rings. The van der Waals surface area contributed by atoms with E-state index in [0.29, 0.717) is 0 Å². The number of aliphatic hydroxyl groups is 1. The van der Waals surface area contributed by atoms with E-state index in [9.17, 15) is 5.11 Å². The summed E-state index contributed by atoms with van der Waals surface area (Å²) in [4.78, 5) is 5.25. The summed E-state index contributed by atoms with van der Waals surface area (Å²) >= 11 is 0. The van der Waals surface area contributed by atoms with Gasteiger partial charge in [0.25, 0.3) is 0 Å². The lowest BCUT2D eigenvalue weighted by atomic mass is 9.74. The molecular weight excluding hydrogens is 468 g/mol. The third-order valence-corrected chi connectivity index (χ3v) is 9.87. The van der Waals surface area contributed by atoms with E-state index in [-0.39, 0.29) is 5.92 Å². The molecule has 38 heavy (non-hydrogen) atoms. The van der Waals surface area contributed by atoms with E-state index < -0.39 is 5.60 Å². The number of allylic oxidation sites excluding steroid dienone is 4. The minimum absolute atomic E-state index is 0.112. The average Bonchev–Trinajstić information content (AvgIpc) is 3.06. The quantitative estimate of drug-likeness (QED) is 0.478. The molecule has 0 bridgehead atoms. The summed E-state index contributed by atoms with van der Waals surface area (Å²) in [5.74, 6) is 2.37. The number of nitrogens with zero attached hydrogens (tertiary/aromatic N) is 2. The fourth-order valence-electron chi connectivity index (χ4n) is 8.15. The molecule has 0 saturated carbocycles. The van der Waals surface area contributed by atoms with E-state index in [4.69, 9.17) is 4.74 Å². The van der Waals surface area contributed by atoms with Crippen LogP contribution in [-0.2, 0) is 25.7 Å². The molecule has 0 saturated heterocycles. The van der Waals surface area contributed by atoms with E-state index >= 15 is 0 Å². The van der Waals surface area contributed by atoms with Crippen molar-refractivity contribution in [1.82, 2.24) is 0 Å². The highest BCUT2D eigenvalue weighted by atomic mass is 16.5. The molecule has 1 N–H and O–H groups in total. The molecule has 4 heteroatoms. The average molecular weight is 507 g/mol. The van der Waals surface area contributed by atoms with Crippen molar-refractivity contribution in [2.24, 2.45) is 0 Å². The van der Waals surface area contributed by atoms with Gasteiger partial charge in [0.2, 0.25) is 0 Å². The molecule has 6 aliphatic rings. The minimum atomic E-state index is -0.940. The molecule has 0 amide bonds. The van der Waals surface area contributed by atoms with E-state index in [1.807, 2.05) is 19.1 Å². The second-order valence-electron chi connectivity index (χ2n) is 12.5. The number of ether oxygens (including phenoxy) is 1. The zero-order valence-corrected chi connectivity index (χ0v) is 22.8. The Labute approximate surface area is 226 Å². The fraction of sp³-hybridized carbons (Fsp3) is 0.471. The van der Waals surface area contributed by atoms with Crippen molar-refractivity contribution in [3.8, 4) is 11.5 Å². The summed E-state index contributed by atoms with van der Waals surface area (Å²) in [5.41, 5.74) is 13.1. The first kappa shape index (κ1) is 23.0. The van der Waals surface area contributed by atoms with Crippen molar-refractivity contribution >= 4 is 11.4 Å². The minimum Gasteiger partial charge on any atom is -0.456 e. The van der Waals surface area contributed by atoms with E-state index in [0.717, 1.165) is 37.2 Å². The van der Waals surface area contributed by atoms with Gasteiger partial charge in [0, 0.05) is 65.7 Å². The largest absolute Gasteiger partial charge is 0.456 e. The first-order chi connectivity index (χ1) is 18.5. The maximum Gasteiger partial charge on any atom is 0.136 e. The molecule has 4 nitrogen and oxygen atoms in total. The SMILES string of the molecule is CC1=C(C2c3cc4c5c(c3Oc3c2cc2c6c3CCCN6CCC2)CCCN5CCC4)C=CC(C)(O)C=C1. The van der Waals surface area contributed by atoms with E-state index in [2.05, 4.69) is 41.0 Å². The van der Waals surface area contributed by atoms with Crippen LogP contribution in [0.4, 0.5) is 11.4 Å². The summed E-state index contributed by atoms with van der Waals surface area (Å²) in [6.45, 7) is 8.74. The molecule has 0 radical (unpaired) electrons. The Morgan fingerprint density at radius 3 is 1.82 bits per heavy atom. The molecule has 5 heterocycles. The second kappa shape index (κ2) is 8.26. The highest BCUT2D eigenvalue weighted by molar-refractivity contribution is 5.78. The molecule has 0 aromatic heterocycles. The monoisotopic (exact) mass is 506 g/mol. The number of hydrogen-bond donors (Lipinski definition) is 1. The third kappa shape index (κ3) is 3.32. The summed E-state index contributed by atoms with van der Waals surface area (Å²) in [6, 6.07) is 4.99. The Bertz CT molecular complexity index is 1370. The molecular formula is C34H38N2O2. The van der Waals surface area contributed by atoms with Crippen LogP contribution in [0.3, 0.4) is 0 Å². The Morgan fingerprint density at radius 1 is 0.763 bits per heavy atom. The van der Waals surface area contributed by atoms with Gasteiger partial charge in [0.05, 0.1) is 5.60 Å². The van der Waals surface area contributed by atoms with Crippen molar-refractivity contribution in [3.05, 3.63) is 81.0 Å². The predicted molar refractivity (Wildman–Crippen MR) is 154 cm³/mol. The number of fused-ring (bicyclic) bond motifs is 4. The Morgan fingerprint density at radius 2 is 1.26 bits per heavy atom. The maximum atomic E-state index is 10.9. The van der Waals surface area contributed by atoms with Gasteiger partial charge in [-0.2, -0.15) is 0 Å². The molecule has 5 aliphatic heterocycles. The van der Waals surface area contributed by atoms with Gasteiger partial charge >= 0.3 is 0 Å². The molecule has 196 valence electrons. The van der Waals surface area contributed by atoms with Gasteiger partial charge in [-0.1, -0.05) is 12.2 Å². The van der Waals surface area contributed by atoms with Gasteiger partial charge < -0.3 is 19.6 Å². The highest BCUT2D eigenvalue weighted by Gasteiger charge is 2.40. The fourth-order valence-corrected chi connectivity index (χ4v) is 8.15. The summed E-state index contributed by atoms with van der Waals surface area (Å²) in [5, 5.41) is 10.9. The van der Waals surface area contributed by atoms with Gasteiger partial charge in [-0.3, -0.25) is 0 Å². The van der Waals surface area contributed by atoms with Crippen LogP contribution < -0.4 is 14.5 Å². The first-order valence-corrected chi connectivity index (χ1v) is 14.9. The van der Waals surface area contributed by atoms with Crippen molar-refractivity contribution in [2.75, 3.05) is 36.0 Å². The zero-order valence-electron chi connectivity index (χ0n) is 22.8. The van der Waals surface area contributed by atoms with Crippen LogP contribution >= 0.6 is 0 Å². The standard InChI is InChI=1S/C34H38N2O2/c1-21-11-13-34(2,37)14-12-24(21)29-27-19-22-7-3-15-35-17-5-9-25(30(22)35)32(27)38-33-26-10-6-18-36-16-4-8-23(31(26)36)20-28(29)33/h11-14,19-20,29,37H,3-10,15-18H2,1-2H3.